The molecule has 1 aromatic rings. The second-order valence-electron chi connectivity index (χ2n) is 5.01. The summed E-state index contributed by atoms with van der Waals surface area (Å²) in [4.78, 5) is 16.2. The van der Waals surface area contributed by atoms with Crippen LogP contribution in [0.15, 0.2) is 12.3 Å². The fourth-order valence-electron chi connectivity index (χ4n) is 2.47. The van der Waals surface area contributed by atoms with Crippen molar-refractivity contribution in [1.82, 2.24) is 10.3 Å². The zero-order chi connectivity index (χ0) is 14.5. The van der Waals surface area contributed by atoms with Crippen LogP contribution in [-0.4, -0.2) is 36.6 Å². The summed E-state index contributed by atoms with van der Waals surface area (Å²) in [5.41, 5.74) is 0.0937. The molecule has 0 aromatic carbocycles. The van der Waals surface area contributed by atoms with Gasteiger partial charge in [0, 0.05) is 19.7 Å². The highest BCUT2D eigenvalue weighted by molar-refractivity contribution is 5.56. The number of hydrogen-bond donors (Lipinski definition) is 1. The zero-order valence-electron chi connectivity index (χ0n) is 11.4. The Morgan fingerprint density at radius 3 is 2.90 bits per heavy atom. The third kappa shape index (κ3) is 3.22. The minimum atomic E-state index is -0.537. The topological polar surface area (TPSA) is 95.1 Å². The summed E-state index contributed by atoms with van der Waals surface area (Å²) in [6.07, 6.45) is 3.40. The van der Waals surface area contributed by atoms with Gasteiger partial charge in [0.15, 0.2) is 0 Å². The normalized spacial score (nSPS) is 15.6. The van der Waals surface area contributed by atoms with Gasteiger partial charge in [-0.2, -0.15) is 5.26 Å². The number of nitrogens with zero attached hydrogens (tertiary/aromatic N) is 4. The van der Waals surface area contributed by atoms with Crippen molar-refractivity contribution in [1.29, 1.82) is 5.26 Å². The molecule has 0 saturated carbocycles. The summed E-state index contributed by atoms with van der Waals surface area (Å²) in [6, 6.07) is 3.27. The van der Waals surface area contributed by atoms with E-state index in [4.69, 9.17) is 5.26 Å². The molecule has 2 heterocycles. The molecule has 0 unspecified atom stereocenters. The lowest BCUT2D eigenvalue weighted by Gasteiger charge is -2.28. The lowest BCUT2D eigenvalue weighted by Crippen LogP contribution is -2.35. The van der Waals surface area contributed by atoms with Crippen LogP contribution in [0.4, 0.5) is 11.5 Å². The first-order valence-corrected chi connectivity index (χ1v) is 6.58. The number of aromatic nitrogens is 1. The van der Waals surface area contributed by atoms with Gasteiger partial charge in [0.25, 0.3) is 5.69 Å². The average molecular weight is 275 g/mol. The molecule has 1 aliphatic heterocycles. The minimum Gasteiger partial charge on any atom is -0.358 e. The number of nitrogens with one attached hydrogen (secondary N) is 1. The number of pyridine rings is 1. The summed E-state index contributed by atoms with van der Waals surface area (Å²) in [7, 11) is 1.87. The molecule has 1 saturated heterocycles. The fourth-order valence-corrected chi connectivity index (χ4v) is 2.47. The van der Waals surface area contributed by atoms with E-state index in [0.717, 1.165) is 32.5 Å². The van der Waals surface area contributed by atoms with E-state index in [2.05, 4.69) is 10.3 Å². The molecule has 0 amide bonds. The van der Waals surface area contributed by atoms with Crippen molar-refractivity contribution in [3.8, 4) is 6.07 Å². The average Bonchev–Trinajstić information content (AvgIpc) is 2.47. The monoisotopic (exact) mass is 275 g/mol. The smallest absolute Gasteiger partial charge is 0.289 e. The second-order valence-corrected chi connectivity index (χ2v) is 5.01. The Labute approximate surface area is 117 Å². The van der Waals surface area contributed by atoms with Crippen LogP contribution in [-0.2, 0) is 0 Å². The molecule has 1 aromatic heterocycles. The molecule has 20 heavy (non-hydrogen) atoms. The van der Waals surface area contributed by atoms with Crippen LogP contribution in [0, 0.1) is 27.4 Å². The quantitative estimate of drug-likeness (QED) is 0.657. The van der Waals surface area contributed by atoms with Crippen LogP contribution in [0.25, 0.3) is 0 Å². The SMILES string of the molecule is CN(CC1CCNCC1)c1ncc([N+](=O)[O-])cc1C#N. The minimum absolute atomic E-state index is 0.152. The predicted octanol–water partition coefficient (Wildman–Crippen LogP) is 1.30. The summed E-state index contributed by atoms with van der Waals surface area (Å²) < 4.78 is 0. The first-order chi connectivity index (χ1) is 9.61. The van der Waals surface area contributed by atoms with Gasteiger partial charge in [0.2, 0.25) is 0 Å². The molecule has 0 bridgehead atoms. The van der Waals surface area contributed by atoms with Gasteiger partial charge in [0.1, 0.15) is 23.6 Å². The summed E-state index contributed by atoms with van der Waals surface area (Å²) >= 11 is 0. The van der Waals surface area contributed by atoms with Crippen LogP contribution in [0.2, 0.25) is 0 Å². The first kappa shape index (κ1) is 14.2. The molecular formula is C13H17N5O2. The summed E-state index contributed by atoms with van der Waals surface area (Å²) in [5, 5.41) is 23.1. The Bertz CT molecular complexity index is 534. The van der Waals surface area contributed by atoms with Gasteiger partial charge < -0.3 is 10.2 Å². The molecule has 2 rings (SSSR count). The molecular weight excluding hydrogens is 258 g/mol. The van der Waals surface area contributed by atoms with Gasteiger partial charge in [-0.25, -0.2) is 4.98 Å². The molecule has 0 spiro atoms. The number of nitriles is 1. The highest BCUT2D eigenvalue weighted by Crippen LogP contribution is 2.23. The van der Waals surface area contributed by atoms with Crippen LogP contribution in [0.5, 0.6) is 0 Å². The van der Waals surface area contributed by atoms with Crippen LogP contribution in [0.1, 0.15) is 18.4 Å². The molecule has 7 nitrogen and oxygen atoms in total. The van der Waals surface area contributed by atoms with E-state index in [9.17, 15) is 10.1 Å². The maximum atomic E-state index is 10.7. The van der Waals surface area contributed by atoms with Crippen molar-refractivity contribution >= 4 is 11.5 Å². The maximum absolute atomic E-state index is 10.7. The van der Waals surface area contributed by atoms with E-state index in [1.165, 1.54) is 12.3 Å². The van der Waals surface area contributed by atoms with E-state index in [-0.39, 0.29) is 11.3 Å². The Morgan fingerprint density at radius 2 is 2.30 bits per heavy atom. The standard InChI is InChI=1S/C13H17N5O2/c1-17(9-10-2-4-15-5-3-10)13-11(7-14)6-12(8-16-13)18(19)20/h6,8,10,15H,2-5,9H2,1H3. The van der Waals surface area contributed by atoms with Crippen molar-refractivity contribution in [2.75, 3.05) is 31.6 Å². The molecule has 1 N–H and O–H groups in total. The first-order valence-electron chi connectivity index (χ1n) is 6.58. The van der Waals surface area contributed by atoms with Crippen molar-refractivity contribution in [2.45, 2.75) is 12.8 Å². The van der Waals surface area contributed by atoms with E-state index in [1.54, 1.807) is 0 Å². The lowest BCUT2D eigenvalue weighted by atomic mass is 9.97. The Hall–Kier alpha value is -2.20. The largest absolute Gasteiger partial charge is 0.358 e. The molecule has 7 heteroatoms. The summed E-state index contributed by atoms with van der Waals surface area (Å²) in [6.45, 7) is 2.83. The van der Waals surface area contributed by atoms with Gasteiger partial charge in [-0.15, -0.1) is 0 Å². The molecule has 1 fully saturated rings. The number of anilines is 1. The van der Waals surface area contributed by atoms with E-state index in [0.29, 0.717) is 11.7 Å². The summed E-state index contributed by atoms with van der Waals surface area (Å²) in [5.74, 6) is 1.07. The highest BCUT2D eigenvalue weighted by atomic mass is 16.6. The van der Waals surface area contributed by atoms with Crippen LogP contribution < -0.4 is 10.2 Å². The van der Waals surface area contributed by atoms with Crippen molar-refractivity contribution in [3.05, 3.63) is 27.9 Å². The molecule has 0 radical (unpaired) electrons. The zero-order valence-corrected chi connectivity index (χ0v) is 11.4. The molecule has 1 aliphatic rings. The lowest BCUT2D eigenvalue weighted by molar-refractivity contribution is -0.385. The Morgan fingerprint density at radius 1 is 1.60 bits per heavy atom. The fraction of sp³-hybridized carbons (Fsp3) is 0.538. The van der Waals surface area contributed by atoms with Crippen LogP contribution in [0.3, 0.4) is 0 Å². The number of piperidine rings is 1. The number of hydrogen-bond acceptors (Lipinski definition) is 6. The third-order valence-electron chi connectivity index (χ3n) is 3.54. The number of rotatable bonds is 4. The van der Waals surface area contributed by atoms with E-state index in [1.807, 2.05) is 18.0 Å². The van der Waals surface area contributed by atoms with Gasteiger partial charge in [0.05, 0.1) is 4.92 Å². The van der Waals surface area contributed by atoms with Gasteiger partial charge >= 0.3 is 0 Å². The van der Waals surface area contributed by atoms with Gasteiger partial charge in [-0.05, 0) is 31.8 Å². The predicted molar refractivity (Wildman–Crippen MR) is 74.5 cm³/mol. The highest BCUT2D eigenvalue weighted by Gasteiger charge is 2.19. The Kier molecular flexibility index (Phi) is 4.48. The second kappa shape index (κ2) is 6.30. The van der Waals surface area contributed by atoms with E-state index >= 15 is 0 Å². The molecule has 106 valence electrons. The van der Waals surface area contributed by atoms with Crippen molar-refractivity contribution in [2.24, 2.45) is 5.92 Å². The van der Waals surface area contributed by atoms with Crippen molar-refractivity contribution < 1.29 is 4.92 Å². The van der Waals surface area contributed by atoms with E-state index < -0.39 is 4.92 Å². The van der Waals surface area contributed by atoms with Crippen LogP contribution >= 0.6 is 0 Å². The van der Waals surface area contributed by atoms with Crippen molar-refractivity contribution in [3.63, 3.8) is 0 Å². The maximum Gasteiger partial charge on any atom is 0.289 e. The molecule has 0 atom stereocenters. The Balaban J connectivity index is 2.14. The molecule has 0 aliphatic carbocycles. The number of nitro groups is 1. The van der Waals surface area contributed by atoms with Gasteiger partial charge in [-0.3, -0.25) is 10.1 Å². The third-order valence-corrected chi connectivity index (χ3v) is 3.54. The van der Waals surface area contributed by atoms with Gasteiger partial charge in [-0.1, -0.05) is 0 Å².